The molecule has 0 aliphatic rings. The summed E-state index contributed by atoms with van der Waals surface area (Å²) in [5, 5.41) is 19.1. The van der Waals surface area contributed by atoms with Crippen LogP contribution in [0.2, 0.25) is 0 Å². The number of halogens is 1. The van der Waals surface area contributed by atoms with Crippen LogP contribution in [-0.4, -0.2) is 17.0 Å². The van der Waals surface area contributed by atoms with E-state index in [1.54, 1.807) is 43.3 Å². The van der Waals surface area contributed by atoms with Crippen molar-refractivity contribution in [1.82, 2.24) is 0 Å². The molecule has 2 N–H and O–H groups in total. The number of aliphatic hydroxyl groups excluding tert-OH is 1. The highest BCUT2D eigenvalue weighted by Gasteiger charge is 2.17. The number of aryl methyl sites for hydroxylation is 1. The van der Waals surface area contributed by atoms with Gasteiger partial charge in [0.2, 0.25) is 0 Å². The van der Waals surface area contributed by atoms with Gasteiger partial charge in [0.15, 0.2) is 0 Å². The van der Waals surface area contributed by atoms with Crippen LogP contribution in [0.4, 0.5) is 4.39 Å². The summed E-state index contributed by atoms with van der Waals surface area (Å²) in [6.45, 7) is 0.796. The van der Waals surface area contributed by atoms with Gasteiger partial charge in [-0.1, -0.05) is 43.8 Å². The predicted octanol–water partition coefficient (Wildman–Crippen LogP) is 1.36. The van der Waals surface area contributed by atoms with Crippen LogP contribution in [-0.2, 0) is 6.61 Å². The smallest absolute Gasteiger partial charge is 0.359 e. The molecule has 0 atom stereocenters. The first-order valence-electron chi connectivity index (χ1n) is 5.75. The molecule has 0 fully saturated rings. The van der Waals surface area contributed by atoms with Gasteiger partial charge in [-0.3, -0.25) is 0 Å². The summed E-state index contributed by atoms with van der Waals surface area (Å²) in [4.78, 5) is 0. The summed E-state index contributed by atoms with van der Waals surface area (Å²) in [5.74, 6) is -0.321. The van der Waals surface area contributed by atoms with Gasteiger partial charge in [-0.2, -0.15) is 0 Å². The van der Waals surface area contributed by atoms with E-state index < -0.39 is 6.92 Å². The second-order valence-electron chi connectivity index (χ2n) is 4.31. The maximum atomic E-state index is 13.4. The molecule has 100 valence electrons. The monoisotopic (exact) mass is 260 g/mol. The normalized spacial score (nSPS) is 9.89. The first kappa shape index (κ1) is 15.4. The highest BCUT2D eigenvalue weighted by molar-refractivity contribution is 6.78. The van der Waals surface area contributed by atoms with E-state index in [4.69, 9.17) is 5.11 Å². The van der Waals surface area contributed by atoms with Crippen LogP contribution in [0.3, 0.4) is 0 Å². The lowest BCUT2D eigenvalue weighted by Crippen LogP contribution is -2.42. The molecule has 4 heteroatoms. The van der Waals surface area contributed by atoms with Crippen LogP contribution in [0.25, 0.3) is 0 Å². The van der Waals surface area contributed by atoms with E-state index >= 15 is 0 Å². The van der Waals surface area contributed by atoms with Crippen molar-refractivity contribution in [3.63, 3.8) is 0 Å². The minimum atomic E-state index is -0.854. The van der Waals surface area contributed by atoms with E-state index in [1.165, 1.54) is 6.07 Å². The summed E-state index contributed by atoms with van der Waals surface area (Å²) >= 11 is 0. The van der Waals surface area contributed by atoms with E-state index in [-0.39, 0.29) is 19.9 Å². The van der Waals surface area contributed by atoms with Gasteiger partial charge in [0, 0.05) is 0 Å². The second-order valence-corrected chi connectivity index (χ2v) is 4.31. The fraction of sp³-hybridized carbons (Fsp3) is 0.200. The van der Waals surface area contributed by atoms with Crippen LogP contribution in [0.5, 0.6) is 0 Å². The van der Waals surface area contributed by atoms with Crippen molar-refractivity contribution >= 4 is 17.8 Å². The maximum absolute atomic E-state index is 13.4. The summed E-state index contributed by atoms with van der Waals surface area (Å²) in [5.41, 5.74) is 2.54. The number of hydrogen-bond donors (Lipinski definition) is 2. The summed E-state index contributed by atoms with van der Waals surface area (Å²) < 4.78 is 13.4. The lowest BCUT2D eigenvalue weighted by molar-refractivity contribution is 0.282. The molecular formula is C15H18BFO2. The third-order valence-electron chi connectivity index (χ3n) is 2.99. The van der Waals surface area contributed by atoms with Crippen molar-refractivity contribution in [2.24, 2.45) is 0 Å². The molecule has 0 radical (unpaired) electrons. The zero-order valence-corrected chi connectivity index (χ0v) is 10.1. The van der Waals surface area contributed by atoms with Gasteiger partial charge < -0.3 is 10.1 Å². The average molecular weight is 260 g/mol. The molecule has 0 aliphatic carbocycles. The largest absolute Gasteiger partial charge is 0.443 e. The molecule has 0 aromatic heterocycles. The Labute approximate surface area is 113 Å². The van der Waals surface area contributed by atoms with Crippen LogP contribution in [0.15, 0.2) is 42.5 Å². The van der Waals surface area contributed by atoms with Crippen molar-refractivity contribution in [3.8, 4) is 0 Å². The van der Waals surface area contributed by atoms with Gasteiger partial charge in [0.1, 0.15) is 5.82 Å². The number of aliphatic hydroxyl groups is 1. The Bertz CT molecular complexity index is 540. The Balaban J connectivity index is 0.00000180. The number of benzene rings is 2. The van der Waals surface area contributed by atoms with Gasteiger partial charge in [-0.15, -0.1) is 0 Å². The fourth-order valence-electron chi connectivity index (χ4n) is 1.78. The van der Waals surface area contributed by atoms with Crippen molar-refractivity contribution in [1.29, 1.82) is 0 Å². The van der Waals surface area contributed by atoms with Gasteiger partial charge >= 0.3 is 6.92 Å². The highest BCUT2D eigenvalue weighted by atomic mass is 19.1. The number of rotatable bonds is 3. The highest BCUT2D eigenvalue weighted by Crippen LogP contribution is 2.03. The van der Waals surface area contributed by atoms with E-state index in [0.717, 1.165) is 5.56 Å². The quantitative estimate of drug-likeness (QED) is 0.818. The summed E-state index contributed by atoms with van der Waals surface area (Å²) in [6.07, 6.45) is 0. The van der Waals surface area contributed by atoms with E-state index in [1.807, 2.05) is 0 Å². The first-order valence-corrected chi connectivity index (χ1v) is 5.75. The van der Waals surface area contributed by atoms with Crippen molar-refractivity contribution in [3.05, 3.63) is 59.4 Å². The first-order chi connectivity index (χ1) is 8.61. The molecule has 2 nitrogen and oxygen atoms in total. The van der Waals surface area contributed by atoms with Crippen molar-refractivity contribution < 1.29 is 14.5 Å². The topological polar surface area (TPSA) is 40.5 Å². The Hall–Kier alpha value is -1.65. The molecule has 0 saturated carbocycles. The number of hydrogen-bond acceptors (Lipinski definition) is 2. The molecule has 2 rings (SSSR count). The van der Waals surface area contributed by atoms with Gasteiger partial charge in [-0.25, -0.2) is 4.39 Å². The SMILES string of the molecule is C.Cc1ccc(B(O)c2ccc(CO)cc2)cc1F. The molecule has 0 spiro atoms. The van der Waals surface area contributed by atoms with Crippen molar-refractivity contribution in [2.45, 2.75) is 21.0 Å². The van der Waals surface area contributed by atoms with Crippen LogP contribution in [0.1, 0.15) is 18.6 Å². The van der Waals surface area contributed by atoms with E-state index in [0.29, 0.717) is 16.5 Å². The lowest BCUT2D eigenvalue weighted by atomic mass is 9.56. The molecule has 0 amide bonds. The molecule has 2 aromatic carbocycles. The van der Waals surface area contributed by atoms with Crippen LogP contribution < -0.4 is 10.9 Å². The predicted molar refractivity (Wildman–Crippen MR) is 77.5 cm³/mol. The molecule has 0 bridgehead atoms. The minimum absolute atomic E-state index is 0. The Kier molecular flexibility index (Phi) is 5.27. The third kappa shape index (κ3) is 3.43. The standard InChI is InChI=1S/C14H14BFO2.CH4/c1-10-2-5-13(8-14(10)16)15(18)12-6-3-11(9-17)4-7-12;/h2-8,17-18H,9H2,1H3;1H4. The van der Waals surface area contributed by atoms with Crippen molar-refractivity contribution in [2.75, 3.05) is 0 Å². The van der Waals surface area contributed by atoms with Crippen LogP contribution >= 0.6 is 0 Å². The molecule has 0 heterocycles. The minimum Gasteiger partial charge on any atom is -0.443 e. The zero-order chi connectivity index (χ0) is 13.1. The Morgan fingerprint density at radius 1 is 1.05 bits per heavy atom. The Morgan fingerprint density at radius 2 is 1.63 bits per heavy atom. The molecule has 0 unspecified atom stereocenters. The summed E-state index contributed by atoms with van der Waals surface area (Å²) in [6, 6.07) is 11.6. The molecule has 19 heavy (non-hydrogen) atoms. The average Bonchev–Trinajstić information content (AvgIpc) is 2.41. The Morgan fingerprint density at radius 3 is 2.16 bits per heavy atom. The fourth-order valence-corrected chi connectivity index (χ4v) is 1.78. The molecule has 0 aliphatic heterocycles. The molecular weight excluding hydrogens is 242 g/mol. The van der Waals surface area contributed by atoms with Gasteiger partial charge in [0.25, 0.3) is 0 Å². The zero-order valence-electron chi connectivity index (χ0n) is 10.1. The third-order valence-corrected chi connectivity index (χ3v) is 2.99. The second kappa shape index (κ2) is 6.50. The lowest BCUT2D eigenvalue weighted by Gasteiger charge is -2.09. The van der Waals surface area contributed by atoms with E-state index in [2.05, 4.69) is 0 Å². The van der Waals surface area contributed by atoms with Crippen LogP contribution in [0, 0.1) is 12.7 Å². The van der Waals surface area contributed by atoms with Gasteiger partial charge in [-0.05, 0) is 35.0 Å². The molecule has 2 aromatic rings. The van der Waals surface area contributed by atoms with E-state index in [9.17, 15) is 9.41 Å². The summed E-state index contributed by atoms with van der Waals surface area (Å²) in [7, 11) is 0. The maximum Gasteiger partial charge on any atom is 0.359 e. The van der Waals surface area contributed by atoms with Gasteiger partial charge in [0.05, 0.1) is 6.61 Å². The molecule has 0 saturated heterocycles.